The second kappa shape index (κ2) is 4.36. The molecule has 0 bridgehead atoms. The molecule has 0 unspecified atom stereocenters. The number of aryl methyl sites for hydroxylation is 1. The van der Waals surface area contributed by atoms with Crippen LogP contribution in [-0.2, 0) is 0 Å². The van der Waals surface area contributed by atoms with Crippen molar-refractivity contribution in [3.8, 4) is 11.8 Å². The van der Waals surface area contributed by atoms with Crippen molar-refractivity contribution in [3.63, 3.8) is 0 Å². The van der Waals surface area contributed by atoms with Crippen LogP contribution in [-0.4, -0.2) is 15.8 Å². The van der Waals surface area contributed by atoms with Crippen molar-refractivity contribution in [1.82, 2.24) is 9.97 Å². The average Bonchev–Trinajstić information content (AvgIpc) is 2.15. The molecule has 0 aliphatic carbocycles. The predicted molar refractivity (Wildman–Crippen MR) is 49.2 cm³/mol. The van der Waals surface area contributed by atoms with Gasteiger partial charge in [0.25, 0.3) is 0 Å². The van der Waals surface area contributed by atoms with Gasteiger partial charge in [-0.25, -0.2) is 9.97 Å². The first kappa shape index (κ1) is 9.40. The third-order valence-corrected chi connectivity index (χ3v) is 1.46. The highest BCUT2D eigenvalue weighted by Crippen LogP contribution is 1.96. The van der Waals surface area contributed by atoms with E-state index in [0.29, 0.717) is 0 Å². The number of Topliss-reactive ketones (excluding diaryl/α,β-unsaturated/α-hetero) is 1. The monoisotopic (exact) mass is 174 g/mol. The third kappa shape index (κ3) is 2.68. The molecule has 66 valence electrons. The van der Waals surface area contributed by atoms with Crippen LogP contribution in [0.2, 0.25) is 0 Å². The largest absolute Gasteiger partial charge is 0.290 e. The molecule has 0 N–H and O–H groups in total. The van der Waals surface area contributed by atoms with Gasteiger partial charge in [0.1, 0.15) is 0 Å². The molecule has 0 fully saturated rings. The fourth-order valence-electron chi connectivity index (χ4n) is 0.784. The summed E-state index contributed by atoms with van der Waals surface area (Å²) in [4.78, 5) is 19.1. The molecule has 0 saturated carbocycles. The van der Waals surface area contributed by atoms with Gasteiger partial charge in [0.2, 0.25) is 5.78 Å². The van der Waals surface area contributed by atoms with Gasteiger partial charge in [0.15, 0.2) is 5.82 Å². The number of carbonyl (C=O) groups is 1. The Hall–Kier alpha value is -1.69. The number of aromatic nitrogens is 2. The van der Waals surface area contributed by atoms with Gasteiger partial charge < -0.3 is 0 Å². The van der Waals surface area contributed by atoms with E-state index >= 15 is 0 Å². The Morgan fingerprint density at radius 2 is 2.08 bits per heavy atom. The molecular formula is C10H10N2O. The third-order valence-electron chi connectivity index (χ3n) is 1.46. The molecule has 0 aliphatic rings. The molecule has 0 saturated heterocycles. The van der Waals surface area contributed by atoms with Crippen LogP contribution in [0.1, 0.15) is 29.5 Å². The fraction of sp³-hybridized carbons (Fsp3) is 0.300. The molecule has 0 amide bonds. The Balaban J connectivity index is 2.76. The number of hydrogen-bond donors (Lipinski definition) is 0. The molecule has 1 rings (SSSR count). The molecule has 1 aromatic heterocycles. The van der Waals surface area contributed by atoms with E-state index in [-0.39, 0.29) is 18.0 Å². The van der Waals surface area contributed by atoms with Crippen molar-refractivity contribution in [2.45, 2.75) is 20.3 Å². The van der Waals surface area contributed by atoms with Gasteiger partial charge in [0.05, 0.1) is 6.42 Å². The molecule has 0 atom stereocenters. The van der Waals surface area contributed by atoms with Crippen LogP contribution >= 0.6 is 0 Å². The van der Waals surface area contributed by atoms with Crippen molar-refractivity contribution in [1.29, 1.82) is 0 Å². The van der Waals surface area contributed by atoms with Crippen LogP contribution in [0.15, 0.2) is 12.4 Å². The van der Waals surface area contributed by atoms with Crippen molar-refractivity contribution in [3.05, 3.63) is 23.8 Å². The minimum atomic E-state index is -0.130. The van der Waals surface area contributed by atoms with Crippen LogP contribution < -0.4 is 0 Å². The first-order valence-electron chi connectivity index (χ1n) is 3.95. The summed E-state index contributed by atoms with van der Waals surface area (Å²) in [6, 6.07) is 0. The number of hydrogen-bond acceptors (Lipinski definition) is 3. The van der Waals surface area contributed by atoms with E-state index in [2.05, 4.69) is 21.8 Å². The highest BCUT2D eigenvalue weighted by Gasteiger charge is 2.05. The minimum Gasteiger partial charge on any atom is -0.290 e. The van der Waals surface area contributed by atoms with E-state index in [4.69, 9.17) is 0 Å². The highest BCUT2D eigenvalue weighted by molar-refractivity contribution is 5.94. The van der Waals surface area contributed by atoms with E-state index in [9.17, 15) is 4.79 Å². The van der Waals surface area contributed by atoms with Crippen molar-refractivity contribution < 1.29 is 4.79 Å². The SMILES string of the molecule is CC#CCC(=O)c1ncc(C)cn1. The maximum absolute atomic E-state index is 11.3. The zero-order valence-corrected chi connectivity index (χ0v) is 7.66. The first-order chi connectivity index (χ1) is 6.24. The fourth-order valence-corrected chi connectivity index (χ4v) is 0.784. The summed E-state index contributed by atoms with van der Waals surface area (Å²) >= 11 is 0. The predicted octanol–water partition coefficient (Wildman–Crippen LogP) is 1.38. The summed E-state index contributed by atoms with van der Waals surface area (Å²) in [5.41, 5.74) is 0.943. The summed E-state index contributed by atoms with van der Waals surface area (Å²) < 4.78 is 0. The maximum Gasteiger partial charge on any atom is 0.211 e. The van der Waals surface area contributed by atoms with Crippen LogP contribution in [0.25, 0.3) is 0 Å². The summed E-state index contributed by atoms with van der Waals surface area (Å²) in [6.07, 6.45) is 3.44. The molecule has 3 nitrogen and oxygen atoms in total. The zero-order valence-electron chi connectivity index (χ0n) is 7.66. The second-order valence-electron chi connectivity index (χ2n) is 2.61. The quantitative estimate of drug-likeness (QED) is 0.502. The van der Waals surface area contributed by atoms with E-state index in [1.807, 2.05) is 6.92 Å². The standard InChI is InChI=1S/C10H10N2O/c1-3-4-5-9(13)10-11-6-8(2)7-12-10/h6-7H,5H2,1-2H3. The van der Waals surface area contributed by atoms with Gasteiger partial charge >= 0.3 is 0 Å². The molecular weight excluding hydrogens is 164 g/mol. The Morgan fingerprint density at radius 1 is 1.46 bits per heavy atom. The Kier molecular flexibility index (Phi) is 3.15. The molecule has 0 spiro atoms. The van der Waals surface area contributed by atoms with Gasteiger partial charge in [-0.1, -0.05) is 5.92 Å². The van der Waals surface area contributed by atoms with E-state index in [0.717, 1.165) is 5.56 Å². The summed E-state index contributed by atoms with van der Waals surface area (Å²) in [5, 5.41) is 0. The topological polar surface area (TPSA) is 42.9 Å². The number of carbonyl (C=O) groups excluding carboxylic acids is 1. The average molecular weight is 174 g/mol. The number of ketones is 1. The Morgan fingerprint density at radius 3 is 2.62 bits per heavy atom. The lowest BCUT2D eigenvalue weighted by molar-refractivity contribution is 0.0988. The van der Waals surface area contributed by atoms with Gasteiger partial charge in [-0.3, -0.25) is 4.79 Å². The molecule has 0 aliphatic heterocycles. The van der Waals surface area contributed by atoms with Gasteiger partial charge in [-0.2, -0.15) is 0 Å². The summed E-state index contributed by atoms with van der Waals surface area (Å²) in [6.45, 7) is 3.57. The van der Waals surface area contributed by atoms with Crippen molar-refractivity contribution in [2.75, 3.05) is 0 Å². The first-order valence-corrected chi connectivity index (χ1v) is 3.95. The van der Waals surface area contributed by atoms with Gasteiger partial charge in [-0.15, -0.1) is 5.92 Å². The minimum absolute atomic E-state index is 0.130. The molecule has 3 heteroatoms. The lowest BCUT2D eigenvalue weighted by Crippen LogP contribution is -2.03. The van der Waals surface area contributed by atoms with Crippen LogP contribution in [0.5, 0.6) is 0 Å². The number of rotatable bonds is 2. The van der Waals surface area contributed by atoms with Crippen LogP contribution in [0.3, 0.4) is 0 Å². The van der Waals surface area contributed by atoms with E-state index in [1.165, 1.54) is 0 Å². The normalized spacial score (nSPS) is 8.77. The molecule has 1 heterocycles. The highest BCUT2D eigenvalue weighted by atomic mass is 16.1. The summed E-state index contributed by atoms with van der Waals surface area (Å²) in [5.74, 6) is 5.45. The van der Waals surface area contributed by atoms with Crippen molar-refractivity contribution in [2.24, 2.45) is 0 Å². The van der Waals surface area contributed by atoms with E-state index in [1.54, 1.807) is 19.3 Å². The Labute approximate surface area is 77.2 Å². The van der Waals surface area contributed by atoms with Crippen LogP contribution in [0.4, 0.5) is 0 Å². The lowest BCUT2D eigenvalue weighted by Gasteiger charge is -1.94. The molecule has 0 radical (unpaired) electrons. The Bertz CT molecular complexity index is 357. The van der Waals surface area contributed by atoms with Gasteiger partial charge in [-0.05, 0) is 19.4 Å². The van der Waals surface area contributed by atoms with Gasteiger partial charge in [0, 0.05) is 12.4 Å². The second-order valence-corrected chi connectivity index (χ2v) is 2.61. The smallest absolute Gasteiger partial charge is 0.211 e. The van der Waals surface area contributed by atoms with Crippen molar-refractivity contribution >= 4 is 5.78 Å². The van der Waals surface area contributed by atoms with E-state index < -0.39 is 0 Å². The zero-order chi connectivity index (χ0) is 9.68. The number of nitrogens with zero attached hydrogens (tertiary/aromatic N) is 2. The summed E-state index contributed by atoms with van der Waals surface area (Å²) in [7, 11) is 0. The molecule has 1 aromatic rings. The lowest BCUT2D eigenvalue weighted by atomic mass is 10.2. The van der Waals surface area contributed by atoms with Crippen LogP contribution in [0, 0.1) is 18.8 Å². The molecule has 0 aromatic carbocycles. The molecule has 13 heavy (non-hydrogen) atoms. The maximum atomic E-state index is 11.3.